The van der Waals surface area contributed by atoms with Gasteiger partial charge in [-0.05, 0) is 43.6 Å². The number of nitrogens with zero attached hydrogens (tertiary/aromatic N) is 1. The van der Waals surface area contributed by atoms with E-state index in [2.05, 4.69) is 6.92 Å². The number of nitro benzene ring substituents is 1. The Balaban J connectivity index is 2.22. The molecule has 0 aromatic heterocycles. The molecular weight excluding hydrogens is 258 g/mol. The second-order valence-corrected chi connectivity index (χ2v) is 5.70. The quantitative estimate of drug-likeness (QED) is 0.679. The molecule has 3 unspecified atom stereocenters. The predicted molar refractivity (Wildman–Crippen MR) is 75.9 cm³/mol. The van der Waals surface area contributed by atoms with Crippen molar-refractivity contribution < 1.29 is 14.8 Å². The van der Waals surface area contributed by atoms with Crippen LogP contribution in [0.4, 0.5) is 5.69 Å². The van der Waals surface area contributed by atoms with Crippen molar-refractivity contribution in [2.24, 2.45) is 11.8 Å². The number of ether oxygens (including phenoxy) is 1. The van der Waals surface area contributed by atoms with Gasteiger partial charge in [-0.15, -0.1) is 0 Å². The maximum Gasteiger partial charge on any atom is 0.269 e. The van der Waals surface area contributed by atoms with Crippen LogP contribution in [-0.4, -0.2) is 23.2 Å². The molecule has 1 N–H and O–H groups in total. The number of methoxy groups -OCH3 is 1. The second kappa shape index (κ2) is 6.22. The van der Waals surface area contributed by atoms with Crippen LogP contribution in [0.3, 0.4) is 0 Å². The zero-order valence-electron chi connectivity index (χ0n) is 11.9. The summed E-state index contributed by atoms with van der Waals surface area (Å²) in [7, 11) is 1.56. The van der Waals surface area contributed by atoms with Crippen LogP contribution in [0, 0.1) is 22.0 Å². The Labute approximate surface area is 118 Å². The summed E-state index contributed by atoms with van der Waals surface area (Å²) in [5, 5.41) is 21.0. The van der Waals surface area contributed by atoms with Crippen LogP contribution >= 0.6 is 0 Å². The van der Waals surface area contributed by atoms with Gasteiger partial charge >= 0.3 is 0 Å². The van der Waals surface area contributed by atoms with Crippen molar-refractivity contribution >= 4 is 5.69 Å². The van der Waals surface area contributed by atoms with E-state index in [1.807, 2.05) is 0 Å². The topological polar surface area (TPSA) is 72.6 Å². The molecule has 1 fully saturated rings. The summed E-state index contributed by atoms with van der Waals surface area (Å²) in [6, 6.07) is 4.64. The van der Waals surface area contributed by atoms with Crippen LogP contribution in [0.2, 0.25) is 0 Å². The van der Waals surface area contributed by atoms with Gasteiger partial charge < -0.3 is 9.84 Å². The summed E-state index contributed by atoms with van der Waals surface area (Å²) < 4.78 is 5.28. The van der Waals surface area contributed by atoms with Gasteiger partial charge in [0.2, 0.25) is 0 Å². The van der Waals surface area contributed by atoms with Gasteiger partial charge in [0.05, 0.1) is 18.1 Å². The zero-order chi connectivity index (χ0) is 14.7. The summed E-state index contributed by atoms with van der Waals surface area (Å²) in [4.78, 5) is 10.5. The molecule has 1 aromatic carbocycles. The van der Waals surface area contributed by atoms with E-state index in [1.54, 1.807) is 19.2 Å². The molecule has 0 heterocycles. The minimum absolute atomic E-state index is 0.0687. The van der Waals surface area contributed by atoms with Crippen LogP contribution in [-0.2, 0) is 6.42 Å². The number of nitro groups is 1. The highest BCUT2D eigenvalue weighted by Crippen LogP contribution is 2.34. The fraction of sp³-hybridized carbons (Fsp3) is 0.600. The molecule has 20 heavy (non-hydrogen) atoms. The minimum Gasteiger partial charge on any atom is -0.496 e. The molecule has 0 radical (unpaired) electrons. The number of aliphatic hydroxyl groups is 1. The van der Waals surface area contributed by atoms with Crippen LogP contribution in [0.15, 0.2) is 18.2 Å². The maximum absolute atomic E-state index is 10.9. The van der Waals surface area contributed by atoms with E-state index < -0.39 is 4.92 Å². The van der Waals surface area contributed by atoms with E-state index >= 15 is 0 Å². The average molecular weight is 279 g/mol. The van der Waals surface area contributed by atoms with Crippen molar-refractivity contribution in [2.75, 3.05) is 7.11 Å². The number of non-ortho nitro benzene ring substituents is 1. The molecule has 0 aliphatic heterocycles. The fourth-order valence-corrected chi connectivity index (χ4v) is 3.02. The normalized spacial score (nSPS) is 26.2. The molecule has 1 aliphatic rings. The van der Waals surface area contributed by atoms with Crippen molar-refractivity contribution in [3.63, 3.8) is 0 Å². The van der Waals surface area contributed by atoms with Gasteiger partial charge in [0.15, 0.2) is 0 Å². The Bertz CT molecular complexity index is 489. The summed E-state index contributed by atoms with van der Waals surface area (Å²) in [6.45, 7) is 2.18. The molecule has 0 spiro atoms. The predicted octanol–water partition coefficient (Wildman–Crippen LogP) is 2.94. The Hall–Kier alpha value is -1.62. The van der Waals surface area contributed by atoms with Gasteiger partial charge in [-0.1, -0.05) is 6.92 Å². The number of hydrogen-bond donors (Lipinski definition) is 1. The molecule has 5 nitrogen and oxygen atoms in total. The lowest BCUT2D eigenvalue weighted by Gasteiger charge is -2.32. The van der Waals surface area contributed by atoms with Crippen molar-refractivity contribution in [1.82, 2.24) is 0 Å². The highest BCUT2D eigenvalue weighted by molar-refractivity contribution is 5.44. The van der Waals surface area contributed by atoms with Gasteiger partial charge in [0.1, 0.15) is 5.75 Å². The van der Waals surface area contributed by atoms with E-state index in [9.17, 15) is 15.2 Å². The van der Waals surface area contributed by atoms with Gasteiger partial charge in [-0.25, -0.2) is 0 Å². The molecule has 0 saturated heterocycles. The standard InChI is InChI=1S/C15H21NO4/c1-10-3-5-14(17)11(7-10)8-12-9-13(16(18)19)4-6-15(12)20-2/h4,6,9-11,14,17H,3,5,7-8H2,1-2H3. The smallest absolute Gasteiger partial charge is 0.269 e. The number of rotatable bonds is 4. The van der Waals surface area contributed by atoms with Crippen molar-refractivity contribution in [2.45, 2.75) is 38.7 Å². The number of benzene rings is 1. The first-order valence-corrected chi connectivity index (χ1v) is 7.00. The first-order chi connectivity index (χ1) is 9.51. The summed E-state index contributed by atoms with van der Waals surface area (Å²) in [6.07, 6.45) is 3.10. The van der Waals surface area contributed by atoms with E-state index in [-0.39, 0.29) is 17.7 Å². The first-order valence-electron chi connectivity index (χ1n) is 7.00. The molecule has 1 saturated carbocycles. The van der Waals surface area contributed by atoms with Crippen LogP contribution in [0.25, 0.3) is 0 Å². The lowest BCUT2D eigenvalue weighted by atomic mass is 9.77. The fourth-order valence-electron chi connectivity index (χ4n) is 3.02. The third-order valence-electron chi connectivity index (χ3n) is 4.16. The second-order valence-electron chi connectivity index (χ2n) is 5.70. The average Bonchev–Trinajstić information content (AvgIpc) is 2.42. The molecule has 110 valence electrons. The largest absolute Gasteiger partial charge is 0.496 e. The molecule has 1 aromatic rings. The molecular formula is C15H21NO4. The maximum atomic E-state index is 10.9. The molecule has 3 atom stereocenters. The lowest BCUT2D eigenvalue weighted by Crippen LogP contribution is -2.29. The molecule has 0 amide bonds. The van der Waals surface area contributed by atoms with E-state index in [4.69, 9.17) is 4.74 Å². The molecule has 2 rings (SSSR count). The summed E-state index contributed by atoms with van der Waals surface area (Å²) >= 11 is 0. The Morgan fingerprint density at radius 1 is 1.45 bits per heavy atom. The van der Waals surface area contributed by atoms with Crippen molar-refractivity contribution in [3.8, 4) is 5.75 Å². The Kier molecular flexibility index (Phi) is 4.60. The molecule has 5 heteroatoms. The van der Waals surface area contributed by atoms with Gasteiger partial charge in [-0.2, -0.15) is 0 Å². The van der Waals surface area contributed by atoms with Gasteiger partial charge in [0, 0.05) is 17.7 Å². The van der Waals surface area contributed by atoms with Crippen LogP contribution in [0.5, 0.6) is 5.75 Å². The number of hydrogen-bond acceptors (Lipinski definition) is 4. The highest BCUT2D eigenvalue weighted by atomic mass is 16.6. The highest BCUT2D eigenvalue weighted by Gasteiger charge is 2.28. The van der Waals surface area contributed by atoms with Gasteiger partial charge in [-0.3, -0.25) is 10.1 Å². The third kappa shape index (κ3) is 3.28. The van der Waals surface area contributed by atoms with Gasteiger partial charge in [0.25, 0.3) is 5.69 Å². The van der Waals surface area contributed by atoms with Crippen LogP contribution in [0.1, 0.15) is 31.7 Å². The number of aliphatic hydroxyl groups excluding tert-OH is 1. The lowest BCUT2D eigenvalue weighted by molar-refractivity contribution is -0.384. The third-order valence-corrected chi connectivity index (χ3v) is 4.16. The van der Waals surface area contributed by atoms with E-state index in [1.165, 1.54) is 6.07 Å². The van der Waals surface area contributed by atoms with E-state index in [0.717, 1.165) is 24.8 Å². The Morgan fingerprint density at radius 3 is 2.85 bits per heavy atom. The monoisotopic (exact) mass is 279 g/mol. The summed E-state index contributed by atoms with van der Waals surface area (Å²) in [5.41, 5.74) is 0.874. The first kappa shape index (κ1) is 14.8. The van der Waals surface area contributed by atoms with Crippen molar-refractivity contribution in [1.29, 1.82) is 0 Å². The van der Waals surface area contributed by atoms with Crippen LogP contribution < -0.4 is 4.74 Å². The van der Waals surface area contributed by atoms with Crippen molar-refractivity contribution in [3.05, 3.63) is 33.9 Å². The zero-order valence-corrected chi connectivity index (χ0v) is 11.9. The molecule has 1 aliphatic carbocycles. The Morgan fingerprint density at radius 2 is 2.20 bits per heavy atom. The van der Waals surface area contributed by atoms with E-state index in [0.29, 0.717) is 18.1 Å². The summed E-state index contributed by atoms with van der Waals surface area (Å²) in [5.74, 6) is 1.39. The molecule has 0 bridgehead atoms. The SMILES string of the molecule is COc1ccc([N+](=O)[O-])cc1CC1CC(C)CCC1O. The minimum atomic E-state index is -0.400.